The molecule has 5 aromatic rings. The third-order valence-corrected chi connectivity index (χ3v) is 14.8. The fourth-order valence-electron chi connectivity index (χ4n) is 10.8. The number of amides is 2. The van der Waals surface area contributed by atoms with Gasteiger partial charge in [0.15, 0.2) is 5.82 Å². The summed E-state index contributed by atoms with van der Waals surface area (Å²) in [5, 5.41) is 17.0. The van der Waals surface area contributed by atoms with E-state index in [1.165, 1.54) is 21.9 Å². The summed E-state index contributed by atoms with van der Waals surface area (Å²) < 4.78 is 20.0. The van der Waals surface area contributed by atoms with E-state index in [0.29, 0.717) is 71.1 Å². The van der Waals surface area contributed by atoms with Crippen molar-refractivity contribution in [3.05, 3.63) is 112 Å². The highest BCUT2D eigenvalue weighted by molar-refractivity contribution is 7.46. The molecule has 0 saturated carbocycles. The van der Waals surface area contributed by atoms with E-state index in [0.717, 1.165) is 63.2 Å². The molecule has 2 fully saturated rings. The largest absolute Gasteiger partial charge is 0.470 e. The second kappa shape index (κ2) is 18.8. The summed E-state index contributed by atoms with van der Waals surface area (Å²) in [6.07, 6.45) is 9.87. The van der Waals surface area contributed by atoms with Gasteiger partial charge in [0.25, 0.3) is 11.5 Å². The molecule has 0 bridgehead atoms. The number of nitrogens with zero attached hydrogens (tertiary/aromatic N) is 9. The van der Waals surface area contributed by atoms with Gasteiger partial charge in [-0.25, -0.2) is 14.5 Å². The number of nitrogens with one attached hydrogen (secondary N) is 2. The van der Waals surface area contributed by atoms with Crippen molar-refractivity contribution in [2.24, 2.45) is 12.5 Å². The SMILES string of the molecule is C=CC(=O)Nc1cc(Nc2nc(-c3ccnc(N4CCn5c(cc6c5CC(C)(C)C6)C4=O)c3CO)cn(C)c2=O)ccc1N1CCN(C2CCN(c3ccc(C(C)(C)OP(=O)(O)O)nc3)CC2)C[C@@H]1C. The molecule has 7 heterocycles. The first kappa shape index (κ1) is 48.8. The normalized spacial score (nSPS) is 18.7. The molecule has 1 aliphatic carbocycles. The number of piperazine rings is 1. The molecule has 1 atom stereocenters. The lowest BCUT2D eigenvalue weighted by Gasteiger charge is -2.47. The Morgan fingerprint density at radius 3 is 2.47 bits per heavy atom. The number of phosphoric acid groups is 1. The Morgan fingerprint density at radius 1 is 1.01 bits per heavy atom. The monoisotopic (exact) mass is 975 g/mol. The van der Waals surface area contributed by atoms with Crippen LogP contribution in [0.1, 0.15) is 80.5 Å². The maximum Gasteiger partial charge on any atom is 0.470 e. The summed E-state index contributed by atoms with van der Waals surface area (Å²) in [6.45, 7) is 18.1. The van der Waals surface area contributed by atoms with Crippen molar-refractivity contribution in [3.63, 3.8) is 0 Å². The summed E-state index contributed by atoms with van der Waals surface area (Å²) in [5.74, 6) is -0.181. The van der Waals surface area contributed by atoms with Crippen molar-refractivity contribution in [1.82, 2.24) is 29.0 Å². The first-order valence-electron chi connectivity index (χ1n) is 23.8. The summed E-state index contributed by atoms with van der Waals surface area (Å²) in [5.41, 5.74) is 6.15. The number of fused-ring (bicyclic) bond motifs is 3. The number of phosphoric ester groups is 1. The predicted molar refractivity (Wildman–Crippen MR) is 268 cm³/mol. The number of hydrogen-bond acceptors (Lipinski definition) is 13. The first-order chi connectivity index (χ1) is 33.2. The Kier molecular flexibility index (Phi) is 13.1. The van der Waals surface area contributed by atoms with E-state index < -0.39 is 25.6 Å². The molecule has 5 N–H and O–H groups in total. The van der Waals surface area contributed by atoms with Crippen molar-refractivity contribution in [3.8, 4) is 11.3 Å². The highest BCUT2D eigenvalue weighted by atomic mass is 31.2. The second-order valence-electron chi connectivity index (χ2n) is 20.1. The van der Waals surface area contributed by atoms with Gasteiger partial charge in [0.2, 0.25) is 5.91 Å². The molecule has 4 aromatic heterocycles. The lowest BCUT2D eigenvalue weighted by atomic mass is 9.90. The molecule has 4 aliphatic rings. The molecule has 1 aromatic carbocycles. The zero-order valence-electron chi connectivity index (χ0n) is 40.6. The molecule has 70 heavy (non-hydrogen) atoms. The van der Waals surface area contributed by atoms with Crippen LogP contribution in [0.5, 0.6) is 0 Å². The average molecular weight is 976 g/mol. The minimum absolute atomic E-state index is 0.0262. The molecule has 0 radical (unpaired) electrons. The number of aryl methyl sites for hydroxylation is 1. The number of pyridine rings is 2. The van der Waals surface area contributed by atoms with Crippen LogP contribution in [0.2, 0.25) is 0 Å². The number of piperidine rings is 1. The van der Waals surface area contributed by atoms with Crippen LogP contribution in [-0.2, 0) is 52.5 Å². The first-order valence-corrected chi connectivity index (χ1v) is 25.3. The highest BCUT2D eigenvalue weighted by Crippen LogP contribution is 2.45. The van der Waals surface area contributed by atoms with E-state index in [2.05, 4.69) is 67.2 Å². The molecule has 0 unspecified atom stereocenters. The van der Waals surface area contributed by atoms with Gasteiger partial charge in [0.1, 0.15) is 17.1 Å². The van der Waals surface area contributed by atoms with Crippen molar-refractivity contribution >= 4 is 54.0 Å². The number of aliphatic hydroxyl groups is 1. The van der Waals surface area contributed by atoms with Crippen LogP contribution in [0, 0.1) is 5.41 Å². The highest BCUT2D eigenvalue weighted by Gasteiger charge is 2.38. The lowest BCUT2D eigenvalue weighted by Crippen LogP contribution is -2.57. The Balaban J connectivity index is 0.890. The van der Waals surface area contributed by atoms with Crippen molar-refractivity contribution < 1.29 is 33.6 Å². The van der Waals surface area contributed by atoms with E-state index in [-0.39, 0.29) is 29.1 Å². The minimum atomic E-state index is -4.70. The van der Waals surface area contributed by atoms with E-state index in [1.54, 1.807) is 62.6 Å². The summed E-state index contributed by atoms with van der Waals surface area (Å²) in [4.78, 5) is 81.9. The molecular weight excluding hydrogens is 914 g/mol. The van der Waals surface area contributed by atoms with Crippen molar-refractivity contribution in [1.29, 1.82) is 0 Å². The summed E-state index contributed by atoms with van der Waals surface area (Å²) in [7, 11) is -3.07. The summed E-state index contributed by atoms with van der Waals surface area (Å²) >= 11 is 0. The third-order valence-electron chi connectivity index (χ3n) is 14.1. The fourth-order valence-corrected chi connectivity index (χ4v) is 11.5. The molecule has 19 nitrogen and oxygen atoms in total. The van der Waals surface area contributed by atoms with E-state index in [4.69, 9.17) is 9.51 Å². The quantitative estimate of drug-likeness (QED) is 0.0705. The van der Waals surface area contributed by atoms with Gasteiger partial charge in [-0.1, -0.05) is 20.4 Å². The standard InChI is InChI=1S/C50H62N11O8P/c1-8-44(63)54-38-24-33(9-11-40(38)59-20-19-58(28-31(59)2)34-14-17-57(18-15-34)35-10-12-43(52-27-35)50(5,6)69-70(66,67)68)53-45-48(65)56(7)29-39(55-45)36-13-16-51-46(37(36)30-62)61-22-21-60-41(47(61)64)23-32-25-49(3,4)26-42(32)60/h8-13,16,23-24,27,29,31,34,62H,1,14-15,17-22,25-26,28,30H2,2-7H3,(H,53,55)(H,54,63)(H2,66,67,68)/t31-/m0/s1. The van der Waals surface area contributed by atoms with Crippen LogP contribution >= 0.6 is 7.82 Å². The van der Waals surface area contributed by atoms with Gasteiger partial charge >= 0.3 is 7.82 Å². The molecule has 9 rings (SSSR count). The Hall–Kier alpha value is -6.21. The van der Waals surface area contributed by atoms with Crippen LogP contribution in [0.4, 0.5) is 34.4 Å². The molecule has 2 amide bonds. The number of rotatable bonds is 13. The van der Waals surface area contributed by atoms with Crippen LogP contribution in [0.15, 0.2) is 78.5 Å². The molecule has 370 valence electrons. The van der Waals surface area contributed by atoms with E-state index >= 15 is 0 Å². The number of aromatic nitrogens is 5. The molecule has 0 spiro atoms. The summed E-state index contributed by atoms with van der Waals surface area (Å²) in [6, 6.07) is 13.4. The zero-order chi connectivity index (χ0) is 49.9. The fraction of sp³-hybridized carbons (Fsp3) is 0.440. The average Bonchev–Trinajstić information content (AvgIpc) is 3.81. The Bertz CT molecular complexity index is 2960. The van der Waals surface area contributed by atoms with E-state index in [9.17, 15) is 33.8 Å². The van der Waals surface area contributed by atoms with Gasteiger partial charge in [-0.3, -0.25) is 33.7 Å². The predicted octanol–water partition coefficient (Wildman–Crippen LogP) is 5.71. The molecular formula is C50H62N11O8P. The second-order valence-corrected chi connectivity index (χ2v) is 21.3. The maximum atomic E-state index is 14.1. The van der Waals surface area contributed by atoms with Crippen LogP contribution in [0.25, 0.3) is 11.3 Å². The van der Waals surface area contributed by atoms with E-state index in [1.807, 2.05) is 24.3 Å². The van der Waals surface area contributed by atoms with Gasteiger partial charge in [0.05, 0.1) is 41.3 Å². The molecule has 20 heteroatoms. The Morgan fingerprint density at radius 2 is 1.79 bits per heavy atom. The topological polar surface area (TPSA) is 224 Å². The molecule has 3 aliphatic heterocycles. The minimum Gasteiger partial charge on any atom is -0.392 e. The van der Waals surface area contributed by atoms with Gasteiger partial charge < -0.3 is 44.5 Å². The van der Waals surface area contributed by atoms with Crippen LogP contribution < -0.4 is 30.9 Å². The van der Waals surface area contributed by atoms with Gasteiger partial charge in [-0.05, 0) is 106 Å². The Labute approximate surface area is 407 Å². The third kappa shape index (κ3) is 9.78. The van der Waals surface area contributed by atoms with Crippen LogP contribution in [0.3, 0.4) is 0 Å². The smallest absolute Gasteiger partial charge is 0.392 e. The van der Waals surface area contributed by atoms with Gasteiger partial charge in [-0.2, -0.15) is 0 Å². The zero-order valence-corrected chi connectivity index (χ0v) is 41.4. The van der Waals surface area contributed by atoms with Gasteiger partial charge in [0, 0.05) is 99.8 Å². The van der Waals surface area contributed by atoms with Crippen molar-refractivity contribution in [2.45, 2.75) is 91.1 Å². The number of carbonyl (C=O) groups is 2. The van der Waals surface area contributed by atoms with Crippen molar-refractivity contribution in [2.75, 3.05) is 64.6 Å². The number of benzene rings is 1. The van der Waals surface area contributed by atoms with Crippen LogP contribution in [-0.4, -0.2) is 107 Å². The number of aliphatic hydroxyl groups excluding tert-OH is 1. The number of hydrogen-bond donors (Lipinski definition) is 5. The molecule has 2 saturated heterocycles. The number of anilines is 6. The number of carbonyl (C=O) groups excluding carboxylic acids is 2. The lowest BCUT2D eigenvalue weighted by molar-refractivity contribution is -0.111. The maximum absolute atomic E-state index is 14.1. The van der Waals surface area contributed by atoms with Gasteiger partial charge in [-0.15, -0.1) is 0 Å².